The van der Waals surface area contributed by atoms with Crippen molar-refractivity contribution in [1.29, 1.82) is 5.26 Å². The lowest BCUT2D eigenvalue weighted by Gasteiger charge is -2.38. The van der Waals surface area contributed by atoms with Crippen LogP contribution in [0.5, 0.6) is 0 Å². The molecule has 284 valence electrons. The highest BCUT2D eigenvalue weighted by molar-refractivity contribution is 6.36. The summed E-state index contributed by atoms with van der Waals surface area (Å²) in [6, 6.07) is 23.9. The third-order valence-corrected chi connectivity index (χ3v) is 13.3. The first kappa shape index (κ1) is 35.7. The minimum absolute atomic E-state index is 0.210. The number of halogens is 1. The molecule has 6 heterocycles. The highest BCUT2D eigenvalue weighted by Gasteiger charge is 2.29. The van der Waals surface area contributed by atoms with E-state index in [0.717, 1.165) is 92.2 Å². The van der Waals surface area contributed by atoms with Crippen molar-refractivity contribution in [3.8, 4) is 6.07 Å². The standard InChI is InChI=1S/C44H49ClN8O2/c1-49-39(23-32-6-9-36(24-40(32)49)53-22-16-41(54)48-44(53)55)31-14-18-50(19-15-31)27-29-12-20-51(21-13-29)35-7-4-30(5-8-35)33-3-2-17-52(28-33)38-11-10-37(45)42-34(25-46)26-47-43(38)42/h4-11,23-24,26,29,31,33,47H,2-3,12-22,27-28H2,1H3,(H,48,54,55). The molecule has 4 fully saturated rings. The van der Waals surface area contributed by atoms with Gasteiger partial charge in [-0.1, -0.05) is 29.8 Å². The van der Waals surface area contributed by atoms with Gasteiger partial charge in [0.1, 0.15) is 6.07 Å². The van der Waals surface area contributed by atoms with Crippen molar-refractivity contribution >= 4 is 62.4 Å². The highest BCUT2D eigenvalue weighted by Crippen LogP contribution is 2.38. The Morgan fingerprint density at radius 1 is 0.836 bits per heavy atom. The molecule has 1 unspecified atom stereocenters. The summed E-state index contributed by atoms with van der Waals surface area (Å²) < 4.78 is 2.31. The van der Waals surface area contributed by atoms with E-state index >= 15 is 0 Å². The summed E-state index contributed by atoms with van der Waals surface area (Å²) in [5, 5.41) is 14.7. The number of aryl methyl sites for hydroxylation is 1. The van der Waals surface area contributed by atoms with E-state index < -0.39 is 0 Å². The Balaban J connectivity index is 0.762. The molecular weight excluding hydrogens is 708 g/mol. The van der Waals surface area contributed by atoms with Crippen LogP contribution in [0.2, 0.25) is 5.02 Å². The van der Waals surface area contributed by atoms with Gasteiger partial charge in [-0.15, -0.1) is 0 Å². The molecule has 10 nitrogen and oxygen atoms in total. The molecule has 5 aromatic rings. The van der Waals surface area contributed by atoms with Crippen molar-refractivity contribution < 1.29 is 9.59 Å². The highest BCUT2D eigenvalue weighted by atomic mass is 35.5. The number of piperidine rings is 3. The van der Waals surface area contributed by atoms with E-state index in [0.29, 0.717) is 35.4 Å². The smallest absolute Gasteiger partial charge is 0.328 e. The third-order valence-electron chi connectivity index (χ3n) is 12.9. The number of aromatic nitrogens is 2. The van der Waals surface area contributed by atoms with Crippen LogP contribution in [0.15, 0.2) is 66.9 Å². The maximum Gasteiger partial charge on any atom is 0.328 e. The van der Waals surface area contributed by atoms with Crippen LogP contribution in [-0.2, 0) is 11.8 Å². The van der Waals surface area contributed by atoms with Crippen molar-refractivity contribution in [1.82, 2.24) is 19.8 Å². The van der Waals surface area contributed by atoms with Crippen molar-refractivity contribution in [2.24, 2.45) is 13.0 Å². The van der Waals surface area contributed by atoms with E-state index in [1.807, 2.05) is 12.1 Å². The number of nitrogens with zero attached hydrogens (tertiary/aromatic N) is 6. The van der Waals surface area contributed by atoms with E-state index in [-0.39, 0.29) is 11.9 Å². The molecular formula is C44H49ClN8O2. The molecule has 9 rings (SSSR count). The molecule has 4 aliphatic heterocycles. The topological polar surface area (TPSA) is 104 Å². The second-order valence-corrected chi connectivity index (χ2v) is 16.5. The third kappa shape index (κ3) is 6.93. The summed E-state index contributed by atoms with van der Waals surface area (Å²) in [5.74, 6) is 1.52. The van der Waals surface area contributed by atoms with Gasteiger partial charge in [0.15, 0.2) is 0 Å². The molecule has 0 saturated carbocycles. The van der Waals surface area contributed by atoms with Gasteiger partial charge in [0, 0.05) is 98.6 Å². The average Bonchev–Trinajstić information content (AvgIpc) is 3.80. The van der Waals surface area contributed by atoms with Gasteiger partial charge < -0.3 is 24.3 Å². The monoisotopic (exact) mass is 756 g/mol. The number of nitriles is 1. The summed E-state index contributed by atoms with van der Waals surface area (Å²) in [7, 11) is 2.15. The summed E-state index contributed by atoms with van der Waals surface area (Å²) in [6.45, 7) is 8.04. The first-order chi connectivity index (χ1) is 26.8. The van der Waals surface area contributed by atoms with Gasteiger partial charge in [-0.2, -0.15) is 5.26 Å². The van der Waals surface area contributed by atoms with Crippen LogP contribution < -0.4 is 20.0 Å². The van der Waals surface area contributed by atoms with Crippen LogP contribution in [-0.4, -0.2) is 78.7 Å². The SMILES string of the molecule is Cn1c(C2CCN(CC3CCN(c4ccc(C5CCCN(c6ccc(Cl)c7c(C#N)c[nH]c67)C5)cc4)CC3)CC2)cc2ccc(N3CCC(=O)NC3=O)cc21. The Bertz CT molecular complexity index is 2270. The zero-order valence-corrected chi connectivity index (χ0v) is 32.3. The first-order valence-electron chi connectivity index (χ1n) is 20.1. The summed E-state index contributed by atoms with van der Waals surface area (Å²) in [5.41, 5.74) is 8.75. The van der Waals surface area contributed by atoms with E-state index in [2.05, 4.69) is 91.2 Å². The quantitative estimate of drug-likeness (QED) is 0.174. The Labute approximate surface area is 327 Å². The fourth-order valence-electron chi connectivity index (χ4n) is 9.83. The maximum atomic E-state index is 12.4. The molecule has 0 spiro atoms. The lowest BCUT2D eigenvalue weighted by atomic mass is 9.89. The number of urea groups is 1. The van der Waals surface area contributed by atoms with Gasteiger partial charge in [0.25, 0.3) is 0 Å². The molecule has 2 aromatic heterocycles. The number of benzene rings is 3. The molecule has 4 saturated heterocycles. The van der Waals surface area contributed by atoms with Crippen molar-refractivity contribution in [3.63, 3.8) is 0 Å². The van der Waals surface area contributed by atoms with Gasteiger partial charge in [0.2, 0.25) is 5.91 Å². The fourth-order valence-corrected chi connectivity index (χ4v) is 10.1. The van der Waals surface area contributed by atoms with E-state index in [9.17, 15) is 14.9 Å². The number of nitrogens with one attached hydrogen (secondary N) is 2. The molecule has 3 amide bonds. The average molecular weight is 757 g/mol. The minimum atomic E-state index is -0.340. The van der Waals surface area contributed by atoms with Crippen molar-refractivity contribution in [2.75, 3.05) is 67.1 Å². The fraction of sp³-hybridized carbons (Fsp3) is 0.432. The number of rotatable bonds is 7. The van der Waals surface area contributed by atoms with E-state index in [1.165, 1.54) is 48.1 Å². The summed E-state index contributed by atoms with van der Waals surface area (Å²) in [4.78, 5) is 36.8. The number of anilines is 3. The lowest BCUT2D eigenvalue weighted by Crippen LogP contribution is -2.49. The summed E-state index contributed by atoms with van der Waals surface area (Å²) >= 11 is 6.50. The van der Waals surface area contributed by atoms with Gasteiger partial charge in [-0.05, 0) is 106 Å². The number of hydrogen-bond donors (Lipinski definition) is 2. The lowest BCUT2D eigenvalue weighted by molar-refractivity contribution is -0.120. The molecule has 4 aliphatic rings. The number of carbonyl (C=O) groups is 2. The number of hydrogen-bond acceptors (Lipinski definition) is 6. The van der Waals surface area contributed by atoms with E-state index in [4.69, 9.17) is 11.6 Å². The van der Waals surface area contributed by atoms with Crippen molar-refractivity contribution in [2.45, 2.75) is 56.8 Å². The molecule has 0 radical (unpaired) electrons. The number of likely N-dealkylation sites (tertiary alicyclic amines) is 1. The second-order valence-electron chi connectivity index (χ2n) is 16.1. The van der Waals surface area contributed by atoms with Gasteiger partial charge >= 0.3 is 6.03 Å². The second kappa shape index (κ2) is 14.9. The van der Waals surface area contributed by atoms with Gasteiger partial charge in [0.05, 0.1) is 27.3 Å². The largest absolute Gasteiger partial charge is 0.372 e. The Hall–Kier alpha value is -4.98. The number of H-pyrrole nitrogens is 1. The minimum Gasteiger partial charge on any atom is -0.372 e. The predicted octanol–water partition coefficient (Wildman–Crippen LogP) is 8.11. The van der Waals surface area contributed by atoms with Crippen LogP contribution in [0.25, 0.3) is 21.8 Å². The molecule has 1 atom stereocenters. The van der Waals surface area contributed by atoms with Crippen molar-refractivity contribution in [3.05, 3.63) is 88.7 Å². The molecule has 11 heteroatoms. The van der Waals surface area contributed by atoms with Crippen LogP contribution in [0.4, 0.5) is 21.9 Å². The van der Waals surface area contributed by atoms with Gasteiger partial charge in [-0.3, -0.25) is 15.0 Å². The van der Waals surface area contributed by atoms with Crippen LogP contribution in [0.1, 0.15) is 73.6 Å². The summed E-state index contributed by atoms with van der Waals surface area (Å²) in [6.07, 6.45) is 9.19. The number of fused-ring (bicyclic) bond motifs is 2. The number of imide groups is 1. The molecule has 0 aliphatic carbocycles. The molecule has 2 N–H and O–H groups in total. The Morgan fingerprint density at radius 3 is 2.38 bits per heavy atom. The molecule has 55 heavy (non-hydrogen) atoms. The van der Waals surface area contributed by atoms with Crippen LogP contribution in [0.3, 0.4) is 0 Å². The molecule has 3 aromatic carbocycles. The predicted molar refractivity (Wildman–Crippen MR) is 220 cm³/mol. The number of carbonyl (C=O) groups excluding carboxylic acids is 2. The maximum absolute atomic E-state index is 12.4. The normalized spacial score (nSPS) is 20.7. The van der Waals surface area contributed by atoms with Crippen LogP contribution >= 0.6 is 11.6 Å². The van der Waals surface area contributed by atoms with Crippen LogP contribution in [0, 0.1) is 17.2 Å². The number of aromatic amines is 1. The first-order valence-corrected chi connectivity index (χ1v) is 20.4. The number of amides is 3. The zero-order valence-electron chi connectivity index (χ0n) is 31.6. The Kier molecular flexibility index (Phi) is 9.69. The molecule has 0 bridgehead atoms. The zero-order chi connectivity index (χ0) is 37.6. The van der Waals surface area contributed by atoms with Gasteiger partial charge in [-0.25, -0.2) is 4.79 Å². The Morgan fingerprint density at radius 2 is 1.62 bits per heavy atom. The van der Waals surface area contributed by atoms with E-state index in [1.54, 1.807) is 11.1 Å².